The second-order valence-electron chi connectivity index (χ2n) is 4.87. The molecule has 0 aromatic carbocycles. The first-order chi connectivity index (χ1) is 7.66. The molecule has 0 aliphatic carbocycles. The molecule has 16 heavy (non-hydrogen) atoms. The van der Waals surface area contributed by atoms with Crippen molar-refractivity contribution in [2.24, 2.45) is 7.05 Å². The highest BCUT2D eigenvalue weighted by Crippen LogP contribution is 2.11. The Bertz CT molecular complexity index is 324. The van der Waals surface area contributed by atoms with Crippen LogP contribution in [0.3, 0.4) is 0 Å². The van der Waals surface area contributed by atoms with Gasteiger partial charge in [0.05, 0.1) is 6.20 Å². The first kappa shape index (κ1) is 11.6. The molecule has 1 aromatic rings. The fourth-order valence-corrected chi connectivity index (χ4v) is 2.47. The molecule has 2 unspecified atom stereocenters. The number of hydrogen-bond donors (Lipinski definition) is 1. The summed E-state index contributed by atoms with van der Waals surface area (Å²) in [6.45, 7) is 7.95. The molecule has 0 spiro atoms. The van der Waals surface area contributed by atoms with Gasteiger partial charge in [0.1, 0.15) is 0 Å². The first-order valence-corrected chi connectivity index (χ1v) is 6.11. The lowest BCUT2D eigenvalue weighted by Gasteiger charge is -2.39. The molecule has 4 heteroatoms. The molecule has 0 saturated carbocycles. The Balaban J connectivity index is 1.88. The number of rotatable bonds is 3. The summed E-state index contributed by atoms with van der Waals surface area (Å²) in [6.07, 6.45) is 5.18. The lowest BCUT2D eigenvalue weighted by atomic mass is 10.1. The first-order valence-electron chi connectivity index (χ1n) is 6.11. The standard InChI is InChI=1S/C12H22N4/c1-10-6-13-7-11(2)16(10)5-4-12-8-14-15(3)9-12/h8-11,13H,4-7H2,1-3H3. The Morgan fingerprint density at radius 3 is 2.62 bits per heavy atom. The SMILES string of the molecule is CC1CNCC(C)N1CCc1cnn(C)c1. The summed E-state index contributed by atoms with van der Waals surface area (Å²) in [5.41, 5.74) is 1.33. The Kier molecular flexibility index (Phi) is 3.61. The number of hydrogen-bond acceptors (Lipinski definition) is 3. The van der Waals surface area contributed by atoms with Gasteiger partial charge in [-0.1, -0.05) is 0 Å². The molecule has 1 saturated heterocycles. The summed E-state index contributed by atoms with van der Waals surface area (Å²) in [7, 11) is 1.97. The molecule has 1 aliphatic rings. The summed E-state index contributed by atoms with van der Waals surface area (Å²) in [5, 5.41) is 7.66. The molecule has 0 amide bonds. The van der Waals surface area contributed by atoms with Crippen LogP contribution in [0, 0.1) is 0 Å². The van der Waals surface area contributed by atoms with Crippen LogP contribution >= 0.6 is 0 Å². The summed E-state index contributed by atoms with van der Waals surface area (Å²) in [6, 6.07) is 1.28. The second-order valence-corrected chi connectivity index (χ2v) is 4.87. The predicted molar refractivity (Wildman–Crippen MR) is 65.4 cm³/mol. The van der Waals surface area contributed by atoms with Crippen LogP contribution in [-0.2, 0) is 13.5 Å². The third-order valence-electron chi connectivity index (χ3n) is 3.43. The van der Waals surface area contributed by atoms with Crippen LogP contribution in [0.5, 0.6) is 0 Å². The Labute approximate surface area is 97.6 Å². The Morgan fingerprint density at radius 1 is 1.38 bits per heavy atom. The third kappa shape index (κ3) is 2.62. The molecular weight excluding hydrogens is 200 g/mol. The van der Waals surface area contributed by atoms with Gasteiger partial charge in [0.15, 0.2) is 0 Å². The maximum Gasteiger partial charge on any atom is 0.0522 e. The van der Waals surface area contributed by atoms with Gasteiger partial charge in [0.25, 0.3) is 0 Å². The van der Waals surface area contributed by atoms with Crippen molar-refractivity contribution in [2.45, 2.75) is 32.4 Å². The van der Waals surface area contributed by atoms with E-state index in [-0.39, 0.29) is 0 Å². The monoisotopic (exact) mass is 222 g/mol. The van der Waals surface area contributed by atoms with E-state index >= 15 is 0 Å². The van der Waals surface area contributed by atoms with Gasteiger partial charge in [-0.05, 0) is 25.8 Å². The molecule has 0 bridgehead atoms. The average molecular weight is 222 g/mol. The highest BCUT2D eigenvalue weighted by Gasteiger charge is 2.23. The smallest absolute Gasteiger partial charge is 0.0522 e. The van der Waals surface area contributed by atoms with E-state index in [9.17, 15) is 0 Å². The van der Waals surface area contributed by atoms with Crippen LogP contribution in [0.15, 0.2) is 12.4 Å². The predicted octanol–water partition coefficient (Wildman–Crippen LogP) is 0.645. The average Bonchev–Trinajstić information content (AvgIpc) is 2.63. The van der Waals surface area contributed by atoms with E-state index < -0.39 is 0 Å². The van der Waals surface area contributed by atoms with E-state index in [1.807, 2.05) is 17.9 Å². The van der Waals surface area contributed by atoms with Gasteiger partial charge in [-0.3, -0.25) is 9.58 Å². The third-order valence-corrected chi connectivity index (χ3v) is 3.43. The van der Waals surface area contributed by atoms with Crippen molar-refractivity contribution in [2.75, 3.05) is 19.6 Å². The van der Waals surface area contributed by atoms with Crippen LogP contribution in [0.25, 0.3) is 0 Å². The fourth-order valence-electron chi connectivity index (χ4n) is 2.47. The number of nitrogens with zero attached hydrogens (tertiary/aromatic N) is 3. The molecule has 4 nitrogen and oxygen atoms in total. The van der Waals surface area contributed by atoms with E-state index in [2.05, 4.69) is 35.4 Å². The summed E-state index contributed by atoms with van der Waals surface area (Å²) in [4.78, 5) is 2.59. The van der Waals surface area contributed by atoms with Crippen LogP contribution in [-0.4, -0.2) is 46.4 Å². The Hall–Kier alpha value is -0.870. The highest BCUT2D eigenvalue weighted by molar-refractivity contribution is 5.04. The Morgan fingerprint density at radius 2 is 2.06 bits per heavy atom. The lowest BCUT2D eigenvalue weighted by Crippen LogP contribution is -2.55. The van der Waals surface area contributed by atoms with Gasteiger partial charge in [0.2, 0.25) is 0 Å². The van der Waals surface area contributed by atoms with E-state index in [1.165, 1.54) is 5.56 Å². The van der Waals surface area contributed by atoms with Gasteiger partial charge in [0, 0.05) is 45.0 Å². The van der Waals surface area contributed by atoms with Crippen molar-refractivity contribution in [1.82, 2.24) is 20.0 Å². The molecule has 1 fully saturated rings. The number of piperazine rings is 1. The molecule has 2 rings (SSSR count). The van der Waals surface area contributed by atoms with E-state index in [0.29, 0.717) is 12.1 Å². The second kappa shape index (κ2) is 4.97. The van der Waals surface area contributed by atoms with Crippen LogP contribution in [0.4, 0.5) is 0 Å². The molecule has 1 N–H and O–H groups in total. The summed E-state index contributed by atoms with van der Waals surface area (Å²) >= 11 is 0. The maximum atomic E-state index is 4.20. The van der Waals surface area contributed by atoms with Crippen LogP contribution < -0.4 is 5.32 Å². The molecular formula is C12H22N4. The van der Waals surface area contributed by atoms with E-state index in [1.54, 1.807) is 0 Å². The quantitative estimate of drug-likeness (QED) is 0.815. The van der Waals surface area contributed by atoms with Gasteiger partial charge in [-0.25, -0.2) is 0 Å². The lowest BCUT2D eigenvalue weighted by molar-refractivity contribution is 0.118. The van der Waals surface area contributed by atoms with Gasteiger partial charge in [-0.2, -0.15) is 5.10 Å². The molecule has 1 aromatic heterocycles. The maximum absolute atomic E-state index is 4.20. The van der Waals surface area contributed by atoms with E-state index in [0.717, 1.165) is 26.1 Å². The van der Waals surface area contributed by atoms with Crippen molar-refractivity contribution >= 4 is 0 Å². The molecule has 0 radical (unpaired) electrons. The normalized spacial score (nSPS) is 27.2. The fraction of sp³-hybridized carbons (Fsp3) is 0.750. The zero-order chi connectivity index (χ0) is 11.5. The highest BCUT2D eigenvalue weighted by atomic mass is 15.2. The molecule has 2 heterocycles. The van der Waals surface area contributed by atoms with Crippen molar-refractivity contribution in [3.05, 3.63) is 18.0 Å². The van der Waals surface area contributed by atoms with Crippen molar-refractivity contribution in [3.8, 4) is 0 Å². The minimum atomic E-state index is 0.639. The largest absolute Gasteiger partial charge is 0.314 e. The van der Waals surface area contributed by atoms with Crippen molar-refractivity contribution in [3.63, 3.8) is 0 Å². The zero-order valence-corrected chi connectivity index (χ0v) is 10.5. The zero-order valence-electron chi connectivity index (χ0n) is 10.5. The number of aryl methyl sites for hydroxylation is 1. The van der Waals surface area contributed by atoms with Crippen LogP contribution in [0.1, 0.15) is 19.4 Å². The number of aromatic nitrogens is 2. The van der Waals surface area contributed by atoms with Crippen molar-refractivity contribution in [1.29, 1.82) is 0 Å². The topological polar surface area (TPSA) is 33.1 Å². The minimum absolute atomic E-state index is 0.639. The minimum Gasteiger partial charge on any atom is -0.314 e. The van der Waals surface area contributed by atoms with E-state index in [4.69, 9.17) is 0 Å². The van der Waals surface area contributed by atoms with Gasteiger partial charge in [-0.15, -0.1) is 0 Å². The van der Waals surface area contributed by atoms with Gasteiger partial charge < -0.3 is 5.32 Å². The molecule has 90 valence electrons. The summed E-state index contributed by atoms with van der Waals surface area (Å²) in [5.74, 6) is 0. The molecule has 1 aliphatic heterocycles. The summed E-state index contributed by atoms with van der Waals surface area (Å²) < 4.78 is 1.87. The number of nitrogens with one attached hydrogen (secondary N) is 1. The molecule has 2 atom stereocenters. The van der Waals surface area contributed by atoms with Crippen LogP contribution in [0.2, 0.25) is 0 Å². The van der Waals surface area contributed by atoms with Gasteiger partial charge >= 0.3 is 0 Å². The van der Waals surface area contributed by atoms with Crippen molar-refractivity contribution < 1.29 is 0 Å².